The Bertz CT molecular complexity index is 403. The fraction of sp³-hybridized carbons (Fsp3) is 0.333. The maximum atomic E-state index is 13.3. The van der Waals surface area contributed by atoms with Crippen LogP contribution >= 0.6 is 0 Å². The molecule has 0 aliphatic rings. The average molecular weight is 237 g/mol. The molecule has 0 bridgehead atoms. The van der Waals surface area contributed by atoms with Gasteiger partial charge >= 0.3 is 12.1 Å². The number of nitrogens with zero attached hydrogens (tertiary/aromatic N) is 1. The number of aromatic nitrogens is 1. The van der Waals surface area contributed by atoms with E-state index in [0.717, 1.165) is 13.3 Å². The molecule has 0 atom stereocenters. The molecule has 88 valence electrons. The van der Waals surface area contributed by atoms with E-state index in [9.17, 15) is 22.4 Å². The molecule has 0 saturated heterocycles. The zero-order valence-corrected chi connectivity index (χ0v) is 8.14. The second kappa shape index (κ2) is 4.46. The first-order chi connectivity index (χ1) is 7.36. The Balaban J connectivity index is 3.09. The summed E-state index contributed by atoms with van der Waals surface area (Å²) in [5.41, 5.74) is -2.02. The van der Waals surface area contributed by atoms with Crippen molar-refractivity contribution in [2.45, 2.75) is 12.6 Å². The molecule has 0 fully saturated rings. The Morgan fingerprint density at radius 3 is 2.62 bits per heavy atom. The zero-order chi connectivity index (χ0) is 12.3. The number of halogens is 4. The minimum atomic E-state index is -4.81. The molecule has 0 N–H and O–H groups in total. The van der Waals surface area contributed by atoms with Gasteiger partial charge in [-0.2, -0.15) is 13.2 Å². The minimum absolute atomic E-state index is 0.510. The Labute approximate surface area is 88.0 Å². The molecule has 1 aromatic heterocycles. The molecule has 0 aromatic carbocycles. The van der Waals surface area contributed by atoms with Gasteiger partial charge in [-0.25, -0.2) is 4.39 Å². The number of carbonyl (C=O) groups excluding carboxylic acids is 1. The van der Waals surface area contributed by atoms with Gasteiger partial charge < -0.3 is 4.74 Å². The van der Waals surface area contributed by atoms with E-state index in [1.54, 1.807) is 0 Å². The van der Waals surface area contributed by atoms with Crippen molar-refractivity contribution in [1.82, 2.24) is 4.98 Å². The number of pyridine rings is 1. The zero-order valence-electron chi connectivity index (χ0n) is 8.14. The smallest absolute Gasteiger partial charge is 0.419 e. The van der Waals surface area contributed by atoms with Crippen LogP contribution in [0.4, 0.5) is 17.6 Å². The van der Waals surface area contributed by atoms with Gasteiger partial charge in [-0.15, -0.1) is 0 Å². The summed E-state index contributed by atoms with van der Waals surface area (Å²) in [6.45, 7) is 0. The highest BCUT2D eigenvalue weighted by molar-refractivity contribution is 5.71. The summed E-state index contributed by atoms with van der Waals surface area (Å²) in [5, 5.41) is 0. The molecule has 0 spiro atoms. The summed E-state index contributed by atoms with van der Waals surface area (Å²) in [5.74, 6) is -2.40. The van der Waals surface area contributed by atoms with Crippen LogP contribution < -0.4 is 0 Å². The van der Waals surface area contributed by atoms with E-state index in [-0.39, 0.29) is 0 Å². The summed E-state index contributed by atoms with van der Waals surface area (Å²) >= 11 is 0. The van der Waals surface area contributed by atoms with Crippen molar-refractivity contribution in [2.24, 2.45) is 0 Å². The number of hydrogen-bond donors (Lipinski definition) is 0. The van der Waals surface area contributed by atoms with E-state index < -0.39 is 35.6 Å². The van der Waals surface area contributed by atoms with Crippen LogP contribution in [0.15, 0.2) is 12.3 Å². The molecule has 0 unspecified atom stereocenters. The molecule has 3 nitrogen and oxygen atoms in total. The lowest BCUT2D eigenvalue weighted by atomic mass is 10.1. The highest BCUT2D eigenvalue weighted by atomic mass is 19.4. The van der Waals surface area contributed by atoms with Gasteiger partial charge in [0.25, 0.3) is 0 Å². The number of esters is 1. The van der Waals surface area contributed by atoms with Crippen LogP contribution in [0.2, 0.25) is 0 Å². The summed E-state index contributed by atoms with van der Waals surface area (Å²) in [7, 11) is 1.05. The van der Waals surface area contributed by atoms with Crippen molar-refractivity contribution in [3.63, 3.8) is 0 Å². The molecular formula is C9H7F4NO2. The monoisotopic (exact) mass is 237 g/mol. The van der Waals surface area contributed by atoms with E-state index in [4.69, 9.17) is 0 Å². The maximum absolute atomic E-state index is 13.3. The van der Waals surface area contributed by atoms with Crippen molar-refractivity contribution in [1.29, 1.82) is 0 Å². The van der Waals surface area contributed by atoms with Gasteiger partial charge in [0.1, 0.15) is 0 Å². The Morgan fingerprint density at radius 1 is 1.50 bits per heavy atom. The minimum Gasteiger partial charge on any atom is -0.469 e. The number of methoxy groups -OCH3 is 1. The van der Waals surface area contributed by atoms with E-state index >= 15 is 0 Å². The van der Waals surface area contributed by atoms with Crippen molar-refractivity contribution in [3.8, 4) is 0 Å². The normalized spacial score (nSPS) is 11.3. The van der Waals surface area contributed by atoms with E-state index in [1.807, 2.05) is 0 Å². The van der Waals surface area contributed by atoms with Crippen molar-refractivity contribution >= 4 is 5.97 Å². The lowest BCUT2D eigenvalue weighted by Gasteiger charge is -2.09. The highest BCUT2D eigenvalue weighted by Gasteiger charge is 2.35. The third-order valence-electron chi connectivity index (χ3n) is 1.81. The van der Waals surface area contributed by atoms with Gasteiger partial charge in [-0.3, -0.25) is 9.78 Å². The predicted octanol–water partition coefficient (Wildman–Crippen LogP) is 1.95. The van der Waals surface area contributed by atoms with Crippen LogP contribution in [0.1, 0.15) is 11.3 Å². The van der Waals surface area contributed by atoms with Crippen molar-refractivity contribution < 1.29 is 27.1 Å². The molecule has 0 aliphatic carbocycles. The van der Waals surface area contributed by atoms with Crippen LogP contribution in [0, 0.1) is 5.82 Å². The third kappa shape index (κ3) is 2.68. The first kappa shape index (κ1) is 12.4. The molecule has 0 amide bonds. The second-order valence-electron chi connectivity index (χ2n) is 2.87. The molecule has 7 heteroatoms. The first-order valence-electron chi connectivity index (χ1n) is 4.13. The van der Waals surface area contributed by atoms with Crippen LogP contribution in [0.5, 0.6) is 0 Å². The SMILES string of the molecule is COC(=O)Cc1nccc(C(F)(F)F)c1F. The summed E-state index contributed by atoms with van der Waals surface area (Å²) in [6.07, 6.45) is -4.64. The number of carbonyl (C=O) groups is 1. The lowest BCUT2D eigenvalue weighted by Crippen LogP contribution is -2.14. The van der Waals surface area contributed by atoms with Gasteiger partial charge in [-0.1, -0.05) is 0 Å². The molecular weight excluding hydrogens is 230 g/mol. The Kier molecular flexibility index (Phi) is 3.46. The third-order valence-corrected chi connectivity index (χ3v) is 1.81. The van der Waals surface area contributed by atoms with Crippen LogP contribution in [0.3, 0.4) is 0 Å². The van der Waals surface area contributed by atoms with E-state index in [1.165, 1.54) is 0 Å². The van der Waals surface area contributed by atoms with Gasteiger partial charge in [0, 0.05) is 6.20 Å². The standard InChI is InChI=1S/C9H7F4NO2/c1-16-7(15)4-6-8(10)5(2-3-14-6)9(11,12)13/h2-3H,4H2,1H3. The summed E-state index contributed by atoms with van der Waals surface area (Å²) < 4.78 is 54.3. The Hall–Kier alpha value is -1.66. The van der Waals surface area contributed by atoms with Crippen LogP contribution in [-0.2, 0) is 22.1 Å². The van der Waals surface area contributed by atoms with Crippen molar-refractivity contribution in [2.75, 3.05) is 7.11 Å². The molecule has 1 aromatic rings. The average Bonchev–Trinajstić information content (AvgIpc) is 2.19. The van der Waals surface area contributed by atoms with Gasteiger partial charge in [0.05, 0.1) is 24.8 Å². The number of rotatable bonds is 2. The van der Waals surface area contributed by atoms with E-state index in [0.29, 0.717) is 6.07 Å². The quantitative estimate of drug-likeness (QED) is 0.583. The van der Waals surface area contributed by atoms with E-state index in [2.05, 4.69) is 9.72 Å². The molecule has 1 heterocycles. The molecule has 1 rings (SSSR count). The fourth-order valence-electron chi connectivity index (χ4n) is 1.04. The maximum Gasteiger partial charge on any atom is 0.419 e. The van der Waals surface area contributed by atoms with Crippen molar-refractivity contribution in [3.05, 3.63) is 29.3 Å². The Morgan fingerprint density at radius 2 is 2.12 bits per heavy atom. The predicted molar refractivity (Wildman–Crippen MR) is 44.9 cm³/mol. The number of alkyl halides is 3. The summed E-state index contributed by atoms with van der Waals surface area (Å²) in [4.78, 5) is 14.1. The molecule has 0 saturated carbocycles. The van der Waals surface area contributed by atoms with Crippen LogP contribution in [-0.4, -0.2) is 18.1 Å². The highest BCUT2D eigenvalue weighted by Crippen LogP contribution is 2.31. The molecule has 16 heavy (non-hydrogen) atoms. The largest absolute Gasteiger partial charge is 0.469 e. The summed E-state index contributed by atoms with van der Waals surface area (Å²) in [6, 6.07) is 0.510. The van der Waals surface area contributed by atoms with Crippen LogP contribution in [0.25, 0.3) is 0 Å². The van der Waals surface area contributed by atoms with Gasteiger partial charge in [-0.05, 0) is 6.07 Å². The second-order valence-corrected chi connectivity index (χ2v) is 2.87. The topological polar surface area (TPSA) is 39.2 Å². The molecule has 0 radical (unpaired) electrons. The number of ether oxygens (including phenoxy) is 1. The fourth-order valence-corrected chi connectivity index (χ4v) is 1.04. The van der Waals surface area contributed by atoms with Gasteiger partial charge in [0.2, 0.25) is 0 Å². The first-order valence-corrected chi connectivity index (χ1v) is 4.13. The number of hydrogen-bond acceptors (Lipinski definition) is 3. The van der Waals surface area contributed by atoms with Gasteiger partial charge in [0.15, 0.2) is 5.82 Å². The molecule has 0 aliphatic heterocycles. The lowest BCUT2D eigenvalue weighted by molar-refractivity contribution is -0.142.